The molecular weight excluding hydrogens is 325 g/mol. The highest BCUT2D eigenvalue weighted by molar-refractivity contribution is 5.95. The van der Waals surface area contributed by atoms with E-state index < -0.39 is 39.5 Å². The minimum atomic E-state index is -2.04. The average molecular weight is 338 g/mol. The van der Waals surface area contributed by atoms with Crippen molar-refractivity contribution < 1.29 is 22.9 Å². The molecule has 0 spiro atoms. The van der Waals surface area contributed by atoms with E-state index in [0.29, 0.717) is 18.9 Å². The molecule has 0 heterocycles. The van der Waals surface area contributed by atoms with Crippen LogP contribution in [0.15, 0.2) is 36.4 Å². The number of benzene rings is 2. The highest BCUT2D eigenvalue weighted by atomic mass is 19.2. The molecule has 0 radical (unpaired) electrons. The molecule has 0 unspecified atom stereocenters. The van der Waals surface area contributed by atoms with Gasteiger partial charge in [0.05, 0.1) is 10.5 Å². The van der Waals surface area contributed by atoms with Crippen LogP contribution in [0, 0.1) is 27.6 Å². The smallest absolute Gasteiger partial charge is 0.308 e. The molecule has 0 aliphatic carbocycles. The first kappa shape index (κ1) is 17.5. The Balaban J connectivity index is 2.03. The highest BCUT2D eigenvalue weighted by Crippen LogP contribution is 2.25. The summed E-state index contributed by atoms with van der Waals surface area (Å²) in [6.07, 6.45) is 1.19. The summed E-state index contributed by atoms with van der Waals surface area (Å²) in [6.45, 7) is 0.153. The van der Waals surface area contributed by atoms with Crippen molar-refractivity contribution in [3.05, 3.63) is 75.1 Å². The van der Waals surface area contributed by atoms with Crippen LogP contribution < -0.4 is 5.32 Å². The molecule has 5 nitrogen and oxygen atoms in total. The number of amides is 1. The zero-order valence-electron chi connectivity index (χ0n) is 12.4. The Hall–Kier alpha value is -2.90. The van der Waals surface area contributed by atoms with Gasteiger partial charge in [0.15, 0.2) is 5.82 Å². The van der Waals surface area contributed by atoms with Gasteiger partial charge in [0.25, 0.3) is 5.91 Å². The molecule has 2 rings (SSSR count). The Kier molecular flexibility index (Phi) is 5.51. The SMILES string of the molecule is O=C(NCCCc1ccccc1)c1cc([N+](=O)[O-])c(F)c(F)c1F. The maximum atomic E-state index is 13.6. The molecule has 0 saturated carbocycles. The number of nitro groups is 1. The van der Waals surface area contributed by atoms with Gasteiger partial charge in [0.2, 0.25) is 11.6 Å². The van der Waals surface area contributed by atoms with Crippen LogP contribution in [-0.4, -0.2) is 17.4 Å². The number of aryl methyl sites for hydroxylation is 1. The third-order valence-electron chi connectivity index (χ3n) is 3.34. The van der Waals surface area contributed by atoms with Gasteiger partial charge >= 0.3 is 5.69 Å². The second kappa shape index (κ2) is 7.58. The van der Waals surface area contributed by atoms with Crippen LogP contribution >= 0.6 is 0 Å². The van der Waals surface area contributed by atoms with E-state index in [4.69, 9.17) is 0 Å². The monoisotopic (exact) mass is 338 g/mol. The van der Waals surface area contributed by atoms with E-state index in [9.17, 15) is 28.1 Å². The van der Waals surface area contributed by atoms with Gasteiger partial charge < -0.3 is 5.32 Å². The molecular formula is C16H13F3N2O3. The number of carbonyl (C=O) groups excluding carboxylic acids is 1. The minimum absolute atomic E-state index is 0.153. The van der Waals surface area contributed by atoms with Gasteiger partial charge in [-0.3, -0.25) is 14.9 Å². The zero-order chi connectivity index (χ0) is 17.7. The minimum Gasteiger partial charge on any atom is -0.352 e. The first-order chi connectivity index (χ1) is 11.4. The normalized spacial score (nSPS) is 10.5. The Morgan fingerprint density at radius 1 is 1.08 bits per heavy atom. The third kappa shape index (κ3) is 3.89. The third-order valence-corrected chi connectivity index (χ3v) is 3.34. The second-order valence-electron chi connectivity index (χ2n) is 4.99. The molecule has 0 fully saturated rings. The van der Waals surface area contributed by atoms with Crippen molar-refractivity contribution in [1.82, 2.24) is 5.32 Å². The molecule has 0 aromatic heterocycles. The predicted molar refractivity (Wildman–Crippen MR) is 80.1 cm³/mol. The van der Waals surface area contributed by atoms with Crippen molar-refractivity contribution in [3.8, 4) is 0 Å². The highest BCUT2D eigenvalue weighted by Gasteiger charge is 2.28. The summed E-state index contributed by atoms with van der Waals surface area (Å²) in [5.41, 5.74) is -1.15. The van der Waals surface area contributed by atoms with Crippen molar-refractivity contribution in [2.24, 2.45) is 0 Å². The summed E-state index contributed by atoms with van der Waals surface area (Å²) in [5.74, 6) is -6.77. The van der Waals surface area contributed by atoms with Crippen molar-refractivity contribution in [1.29, 1.82) is 0 Å². The quantitative estimate of drug-likeness (QED) is 0.380. The fraction of sp³-hybridized carbons (Fsp3) is 0.188. The number of carbonyl (C=O) groups is 1. The van der Waals surface area contributed by atoms with Gasteiger partial charge in [0, 0.05) is 12.6 Å². The lowest BCUT2D eigenvalue weighted by molar-refractivity contribution is -0.387. The molecule has 1 N–H and O–H groups in total. The van der Waals surface area contributed by atoms with Crippen LogP contribution in [0.3, 0.4) is 0 Å². The molecule has 0 bridgehead atoms. The number of rotatable bonds is 6. The molecule has 0 atom stereocenters. The number of nitro benzene ring substituents is 1. The van der Waals surface area contributed by atoms with E-state index in [1.807, 2.05) is 30.3 Å². The van der Waals surface area contributed by atoms with Crippen LogP contribution in [0.4, 0.5) is 18.9 Å². The van der Waals surface area contributed by atoms with E-state index in [2.05, 4.69) is 5.32 Å². The number of hydrogen-bond acceptors (Lipinski definition) is 3. The molecule has 126 valence electrons. The van der Waals surface area contributed by atoms with Crippen LogP contribution in [0.2, 0.25) is 0 Å². The molecule has 24 heavy (non-hydrogen) atoms. The number of nitrogens with one attached hydrogen (secondary N) is 1. The van der Waals surface area contributed by atoms with E-state index >= 15 is 0 Å². The van der Waals surface area contributed by atoms with Crippen LogP contribution in [0.1, 0.15) is 22.3 Å². The second-order valence-corrected chi connectivity index (χ2v) is 4.99. The van der Waals surface area contributed by atoms with Gasteiger partial charge in [-0.15, -0.1) is 0 Å². The van der Waals surface area contributed by atoms with E-state index in [0.717, 1.165) is 5.56 Å². The molecule has 0 aliphatic rings. The lowest BCUT2D eigenvalue weighted by Gasteiger charge is -2.07. The number of halogens is 3. The van der Waals surface area contributed by atoms with Gasteiger partial charge in [-0.25, -0.2) is 8.78 Å². The zero-order valence-corrected chi connectivity index (χ0v) is 12.4. The number of nitrogens with zero attached hydrogens (tertiary/aromatic N) is 1. The largest absolute Gasteiger partial charge is 0.352 e. The molecule has 0 aliphatic heterocycles. The topological polar surface area (TPSA) is 72.2 Å². The summed E-state index contributed by atoms with van der Waals surface area (Å²) in [7, 11) is 0. The summed E-state index contributed by atoms with van der Waals surface area (Å²) in [6, 6.07) is 9.79. The van der Waals surface area contributed by atoms with Gasteiger partial charge in [-0.05, 0) is 18.4 Å². The maximum Gasteiger partial charge on any atom is 0.308 e. The van der Waals surface area contributed by atoms with Crippen LogP contribution in [0.25, 0.3) is 0 Å². The standard InChI is InChI=1S/C16H13F3N2O3/c17-13-11(9-12(21(23)24)14(18)15(13)19)16(22)20-8-4-7-10-5-2-1-3-6-10/h1-3,5-6,9H,4,7-8H2,(H,20,22). The van der Waals surface area contributed by atoms with Gasteiger partial charge in [-0.1, -0.05) is 30.3 Å². The molecule has 2 aromatic carbocycles. The molecule has 1 amide bonds. The Morgan fingerprint density at radius 2 is 1.75 bits per heavy atom. The Morgan fingerprint density at radius 3 is 2.38 bits per heavy atom. The first-order valence-corrected chi connectivity index (χ1v) is 7.05. The fourth-order valence-electron chi connectivity index (χ4n) is 2.12. The van der Waals surface area contributed by atoms with Crippen molar-refractivity contribution >= 4 is 11.6 Å². The fourth-order valence-corrected chi connectivity index (χ4v) is 2.12. The van der Waals surface area contributed by atoms with Crippen molar-refractivity contribution in [2.75, 3.05) is 6.54 Å². The summed E-state index contributed by atoms with van der Waals surface area (Å²) >= 11 is 0. The average Bonchev–Trinajstić information content (AvgIpc) is 2.57. The summed E-state index contributed by atoms with van der Waals surface area (Å²) in [4.78, 5) is 21.3. The predicted octanol–water partition coefficient (Wildman–Crippen LogP) is 3.37. The van der Waals surface area contributed by atoms with Crippen molar-refractivity contribution in [3.63, 3.8) is 0 Å². The summed E-state index contributed by atoms with van der Waals surface area (Å²) < 4.78 is 40.2. The lowest BCUT2D eigenvalue weighted by atomic mass is 10.1. The van der Waals surface area contributed by atoms with Gasteiger partial charge in [0.1, 0.15) is 0 Å². The number of hydrogen-bond donors (Lipinski definition) is 1. The van der Waals surface area contributed by atoms with E-state index in [1.165, 1.54) is 0 Å². The van der Waals surface area contributed by atoms with Crippen LogP contribution in [-0.2, 0) is 6.42 Å². The summed E-state index contributed by atoms with van der Waals surface area (Å²) in [5, 5.41) is 13.0. The molecule has 2 aromatic rings. The van der Waals surface area contributed by atoms with E-state index in [-0.39, 0.29) is 6.54 Å². The first-order valence-electron chi connectivity index (χ1n) is 7.05. The maximum absolute atomic E-state index is 13.6. The van der Waals surface area contributed by atoms with Crippen molar-refractivity contribution in [2.45, 2.75) is 12.8 Å². The van der Waals surface area contributed by atoms with Gasteiger partial charge in [-0.2, -0.15) is 4.39 Å². The Bertz CT molecular complexity index is 767. The molecule has 0 saturated heterocycles. The Labute approximate surface area is 135 Å². The molecule has 8 heteroatoms. The lowest BCUT2D eigenvalue weighted by Crippen LogP contribution is -2.26. The van der Waals surface area contributed by atoms with Crippen LogP contribution in [0.5, 0.6) is 0 Å². The van der Waals surface area contributed by atoms with E-state index in [1.54, 1.807) is 0 Å².